The first-order valence-electron chi connectivity index (χ1n) is 15.3. The minimum atomic E-state index is -0.904. The zero-order chi connectivity index (χ0) is 34.5. The number of carbonyl (C=O) groups excluding carboxylic acids is 1. The van der Waals surface area contributed by atoms with Gasteiger partial charge in [0.15, 0.2) is 16.3 Å². The third-order valence-electron chi connectivity index (χ3n) is 7.83. The van der Waals surface area contributed by atoms with Gasteiger partial charge in [-0.3, -0.25) is 9.36 Å². The second-order valence-electron chi connectivity index (χ2n) is 10.8. The number of methoxy groups -OCH3 is 2. The first-order valence-corrected chi connectivity index (χ1v) is 16.5. The van der Waals surface area contributed by atoms with Crippen LogP contribution in [0.25, 0.3) is 11.8 Å². The van der Waals surface area contributed by atoms with E-state index in [4.69, 9.17) is 40.8 Å². The average molecular weight is 692 g/mol. The van der Waals surface area contributed by atoms with Crippen LogP contribution in [0.2, 0.25) is 5.02 Å². The zero-order valence-electron chi connectivity index (χ0n) is 26.8. The first-order chi connectivity index (χ1) is 23.8. The predicted molar refractivity (Wildman–Crippen MR) is 188 cm³/mol. The molecule has 1 aliphatic heterocycles. The van der Waals surface area contributed by atoms with Crippen LogP contribution >= 0.6 is 22.9 Å². The number of esters is 1. The number of fused-ring (bicyclic) bond motifs is 1. The minimum Gasteiger partial charge on any atom is -0.493 e. The summed E-state index contributed by atoms with van der Waals surface area (Å²) in [5.41, 5.74) is 3.56. The second kappa shape index (κ2) is 14.6. The number of carbonyl (C=O) groups is 1. The van der Waals surface area contributed by atoms with E-state index in [-0.39, 0.29) is 24.3 Å². The van der Waals surface area contributed by atoms with E-state index in [2.05, 4.69) is 6.07 Å². The number of hydrogen-bond donors (Lipinski definition) is 0. The lowest BCUT2D eigenvalue weighted by Crippen LogP contribution is -2.40. The Bertz CT molecular complexity index is 2290. The number of aromatic nitrogens is 1. The molecule has 1 aromatic heterocycles. The van der Waals surface area contributed by atoms with Crippen LogP contribution in [0.15, 0.2) is 106 Å². The Kier molecular flexibility index (Phi) is 9.95. The fourth-order valence-electron chi connectivity index (χ4n) is 5.52. The molecule has 2 heterocycles. The summed E-state index contributed by atoms with van der Waals surface area (Å²) in [4.78, 5) is 33.5. The van der Waals surface area contributed by atoms with Crippen molar-refractivity contribution in [3.8, 4) is 23.3 Å². The molecule has 11 heteroatoms. The van der Waals surface area contributed by atoms with Crippen molar-refractivity contribution in [3.05, 3.63) is 149 Å². The summed E-state index contributed by atoms with van der Waals surface area (Å²) in [6, 6.07) is 28.1. The minimum absolute atomic E-state index is 0.132. The summed E-state index contributed by atoms with van der Waals surface area (Å²) in [5.74, 6) is 0.852. The van der Waals surface area contributed by atoms with E-state index < -0.39 is 12.0 Å². The quantitative estimate of drug-likeness (QED) is 0.164. The van der Waals surface area contributed by atoms with Crippen molar-refractivity contribution in [1.29, 1.82) is 5.26 Å². The van der Waals surface area contributed by atoms with Gasteiger partial charge in [-0.25, -0.2) is 9.79 Å². The Morgan fingerprint density at radius 1 is 0.980 bits per heavy atom. The van der Waals surface area contributed by atoms with Gasteiger partial charge in [0.05, 0.1) is 54.3 Å². The van der Waals surface area contributed by atoms with Crippen LogP contribution in [0.4, 0.5) is 0 Å². The van der Waals surface area contributed by atoms with Crippen molar-refractivity contribution in [2.75, 3.05) is 20.8 Å². The number of halogens is 1. The molecule has 9 nitrogen and oxygen atoms in total. The maximum Gasteiger partial charge on any atom is 0.338 e. The number of hydrogen-bond acceptors (Lipinski definition) is 9. The van der Waals surface area contributed by atoms with E-state index in [0.717, 1.165) is 5.56 Å². The Labute approximate surface area is 291 Å². The molecule has 1 atom stereocenters. The lowest BCUT2D eigenvalue weighted by atomic mass is 9.93. The Morgan fingerprint density at radius 3 is 2.41 bits per heavy atom. The standard InChI is InChI=1S/C38H30ClN3O6S/c1-4-47-37(44)33-34(25-8-6-5-7-9-25)41-38-42(35(33)26-14-16-30(45-2)31(19-26)46-3)36(43)32(49-38)20-27-18-28(39)15-17-29(27)48-22-24-12-10-23(21-40)11-13-24/h5-20,35H,4,22H2,1-3H3/t35-/m0/s1. The Morgan fingerprint density at radius 2 is 1.71 bits per heavy atom. The number of nitriles is 1. The smallest absolute Gasteiger partial charge is 0.338 e. The van der Waals surface area contributed by atoms with Gasteiger partial charge in [-0.2, -0.15) is 5.26 Å². The van der Waals surface area contributed by atoms with Gasteiger partial charge in [-0.1, -0.05) is 71.5 Å². The van der Waals surface area contributed by atoms with Gasteiger partial charge in [0.25, 0.3) is 5.56 Å². The van der Waals surface area contributed by atoms with Crippen molar-refractivity contribution in [2.45, 2.75) is 19.6 Å². The summed E-state index contributed by atoms with van der Waals surface area (Å²) < 4.78 is 24.7. The summed E-state index contributed by atoms with van der Waals surface area (Å²) in [6.45, 7) is 2.10. The van der Waals surface area contributed by atoms with E-state index in [1.165, 1.54) is 30.1 Å². The van der Waals surface area contributed by atoms with Crippen LogP contribution in [0.3, 0.4) is 0 Å². The van der Waals surface area contributed by atoms with Crippen LogP contribution in [0.1, 0.15) is 40.8 Å². The highest BCUT2D eigenvalue weighted by Crippen LogP contribution is 2.38. The maximum atomic E-state index is 14.4. The molecule has 0 bridgehead atoms. The number of benzene rings is 4. The van der Waals surface area contributed by atoms with Gasteiger partial charge in [0, 0.05) is 16.1 Å². The highest BCUT2D eigenvalue weighted by atomic mass is 35.5. The lowest BCUT2D eigenvalue weighted by molar-refractivity contribution is -0.138. The van der Waals surface area contributed by atoms with Gasteiger partial charge < -0.3 is 18.9 Å². The third kappa shape index (κ3) is 6.85. The molecule has 49 heavy (non-hydrogen) atoms. The van der Waals surface area contributed by atoms with Crippen LogP contribution in [-0.4, -0.2) is 31.4 Å². The summed E-state index contributed by atoms with van der Waals surface area (Å²) in [6.07, 6.45) is 1.71. The molecule has 246 valence electrons. The van der Waals surface area contributed by atoms with Gasteiger partial charge in [0.2, 0.25) is 0 Å². The fourth-order valence-corrected chi connectivity index (χ4v) is 6.69. The third-order valence-corrected chi connectivity index (χ3v) is 9.05. The lowest BCUT2D eigenvalue weighted by Gasteiger charge is -2.26. The first kappa shape index (κ1) is 33.3. The highest BCUT2D eigenvalue weighted by Gasteiger charge is 2.35. The van der Waals surface area contributed by atoms with Crippen molar-refractivity contribution < 1.29 is 23.7 Å². The molecule has 0 radical (unpaired) electrons. The molecule has 0 aliphatic carbocycles. The van der Waals surface area contributed by atoms with Gasteiger partial charge >= 0.3 is 5.97 Å². The summed E-state index contributed by atoms with van der Waals surface area (Å²) >= 11 is 7.60. The van der Waals surface area contributed by atoms with Crippen LogP contribution < -0.4 is 29.1 Å². The van der Waals surface area contributed by atoms with Gasteiger partial charge in [0.1, 0.15) is 12.4 Å². The number of thiazole rings is 1. The molecule has 0 fully saturated rings. The molecule has 5 aromatic rings. The van der Waals surface area contributed by atoms with Gasteiger partial charge in [-0.15, -0.1) is 0 Å². The molecule has 0 N–H and O–H groups in total. The number of ether oxygens (including phenoxy) is 4. The molecule has 4 aromatic carbocycles. The monoisotopic (exact) mass is 691 g/mol. The van der Waals surface area contributed by atoms with E-state index in [9.17, 15) is 9.59 Å². The molecule has 0 saturated carbocycles. The van der Waals surface area contributed by atoms with Crippen molar-refractivity contribution >= 4 is 40.7 Å². The molecular formula is C38H30ClN3O6S. The van der Waals surface area contributed by atoms with Crippen LogP contribution in [0, 0.1) is 11.3 Å². The normalized spacial score (nSPS) is 14.0. The Hall–Kier alpha value is -5.63. The van der Waals surface area contributed by atoms with E-state index in [1.807, 2.05) is 42.5 Å². The van der Waals surface area contributed by atoms with Crippen LogP contribution in [-0.2, 0) is 16.1 Å². The number of nitrogens with zero attached hydrogens (tertiary/aromatic N) is 3. The SMILES string of the molecule is CCOC(=O)C1=C(c2ccccc2)N=c2sc(=Cc3cc(Cl)ccc3OCc3ccc(C#N)cc3)c(=O)n2[C@H]1c1ccc(OC)c(OC)c1. The molecule has 0 unspecified atom stereocenters. The highest BCUT2D eigenvalue weighted by molar-refractivity contribution is 7.07. The molecule has 0 saturated heterocycles. The number of rotatable bonds is 10. The molecule has 0 spiro atoms. The molecule has 1 aliphatic rings. The summed E-state index contributed by atoms with van der Waals surface area (Å²) in [7, 11) is 3.06. The molecule has 0 amide bonds. The van der Waals surface area contributed by atoms with E-state index in [1.54, 1.807) is 61.5 Å². The fraction of sp³-hybridized carbons (Fsp3) is 0.158. The second-order valence-corrected chi connectivity index (χ2v) is 12.3. The van der Waals surface area contributed by atoms with Crippen molar-refractivity contribution in [3.63, 3.8) is 0 Å². The van der Waals surface area contributed by atoms with Crippen LogP contribution in [0.5, 0.6) is 17.2 Å². The van der Waals surface area contributed by atoms with Gasteiger partial charge in [-0.05, 0) is 66.6 Å². The van der Waals surface area contributed by atoms with E-state index >= 15 is 0 Å². The van der Waals surface area contributed by atoms with Crippen molar-refractivity contribution in [1.82, 2.24) is 4.57 Å². The summed E-state index contributed by atoms with van der Waals surface area (Å²) in [5, 5.41) is 9.58. The van der Waals surface area contributed by atoms with Crippen molar-refractivity contribution in [2.24, 2.45) is 4.99 Å². The predicted octanol–water partition coefficient (Wildman–Crippen LogP) is 6.06. The van der Waals surface area contributed by atoms with E-state index in [0.29, 0.717) is 59.6 Å². The Balaban J connectivity index is 1.54. The topological polar surface area (TPSA) is 112 Å². The largest absolute Gasteiger partial charge is 0.493 e. The zero-order valence-corrected chi connectivity index (χ0v) is 28.4. The average Bonchev–Trinajstić information content (AvgIpc) is 3.44. The molecule has 6 rings (SSSR count). The molecular weight excluding hydrogens is 662 g/mol. The maximum absolute atomic E-state index is 14.4.